The molecule has 0 saturated heterocycles. The predicted octanol–water partition coefficient (Wildman–Crippen LogP) is 3.94. The number of hydrogen-bond donors (Lipinski definition) is 2. The molecule has 2 aromatic heterocycles. The minimum Gasteiger partial charge on any atom is -0.356 e. The molecule has 2 heterocycles. The standard InChI is InChI=1S/C13H16IN3S2.HI/c1-15-13(17-8-10-5-7-18-9-10)16-6-4-11-2-3-12(14)19-11;/h2-3,5,7,9H,4,6,8H2,1H3,(H2,15,16,17);1H. The van der Waals surface area contributed by atoms with Crippen molar-refractivity contribution in [2.45, 2.75) is 13.0 Å². The fraction of sp³-hybridized carbons (Fsp3) is 0.308. The van der Waals surface area contributed by atoms with Gasteiger partial charge < -0.3 is 10.6 Å². The lowest BCUT2D eigenvalue weighted by Crippen LogP contribution is -2.37. The van der Waals surface area contributed by atoms with Gasteiger partial charge in [0.1, 0.15) is 0 Å². The summed E-state index contributed by atoms with van der Waals surface area (Å²) in [5, 5.41) is 10.9. The Morgan fingerprint density at radius 1 is 1.30 bits per heavy atom. The molecule has 0 atom stereocenters. The van der Waals surface area contributed by atoms with Crippen LogP contribution in [-0.2, 0) is 13.0 Å². The molecule has 0 aliphatic carbocycles. The SMILES string of the molecule is CN=C(NCCc1ccc(I)s1)NCc1ccsc1.I. The van der Waals surface area contributed by atoms with E-state index in [4.69, 9.17) is 0 Å². The fourth-order valence-electron chi connectivity index (χ4n) is 1.59. The van der Waals surface area contributed by atoms with Gasteiger partial charge in [0, 0.05) is 25.0 Å². The van der Waals surface area contributed by atoms with Gasteiger partial charge in [-0.1, -0.05) is 0 Å². The van der Waals surface area contributed by atoms with Gasteiger partial charge in [0.2, 0.25) is 0 Å². The third-order valence-corrected chi connectivity index (χ3v) is 5.24. The highest BCUT2D eigenvalue weighted by Gasteiger charge is 2.00. The van der Waals surface area contributed by atoms with Crippen molar-refractivity contribution in [1.29, 1.82) is 0 Å². The summed E-state index contributed by atoms with van der Waals surface area (Å²) in [5.41, 5.74) is 1.29. The number of aliphatic imine (C=N–C) groups is 1. The van der Waals surface area contributed by atoms with Crippen molar-refractivity contribution in [1.82, 2.24) is 10.6 Å². The van der Waals surface area contributed by atoms with E-state index in [9.17, 15) is 0 Å². The molecule has 0 aliphatic heterocycles. The van der Waals surface area contributed by atoms with Gasteiger partial charge in [0.05, 0.1) is 2.88 Å². The fourth-order valence-corrected chi connectivity index (χ4v) is 4.01. The zero-order valence-electron chi connectivity index (χ0n) is 11.1. The largest absolute Gasteiger partial charge is 0.356 e. The number of guanidine groups is 1. The van der Waals surface area contributed by atoms with E-state index in [1.165, 1.54) is 13.3 Å². The summed E-state index contributed by atoms with van der Waals surface area (Å²) < 4.78 is 1.34. The van der Waals surface area contributed by atoms with Crippen molar-refractivity contribution >= 4 is 75.2 Å². The summed E-state index contributed by atoms with van der Waals surface area (Å²) in [7, 11) is 1.80. The van der Waals surface area contributed by atoms with Crippen LogP contribution in [0.4, 0.5) is 0 Å². The van der Waals surface area contributed by atoms with E-state index in [0.29, 0.717) is 0 Å². The average molecular weight is 533 g/mol. The third kappa shape index (κ3) is 6.27. The quantitative estimate of drug-likeness (QED) is 0.347. The van der Waals surface area contributed by atoms with Crippen LogP contribution in [0.5, 0.6) is 0 Å². The number of hydrogen-bond acceptors (Lipinski definition) is 3. The molecule has 0 spiro atoms. The van der Waals surface area contributed by atoms with Crippen LogP contribution < -0.4 is 10.6 Å². The molecular formula is C13H17I2N3S2. The van der Waals surface area contributed by atoms with Crippen molar-refractivity contribution in [3.63, 3.8) is 0 Å². The smallest absolute Gasteiger partial charge is 0.191 e. The lowest BCUT2D eigenvalue weighted by molar-refractivity contribution is 0.800. The molecule has 0 saturated carbocycles. The Hall–Kier alpha value is 0.130. The molecule has 0 radical (unpaired) electrons. The Kier molecular flexibility index (Phi) is 9.05. The maximum absolute atomic E-state index is 4.22. The van der Waals surface area contributed by atoms with Crippen LogP contribution in [0.2, 0.25) is 0 Å². The van der Waals surface area contributed by atoms with Crippen LogP contribution in [0.3, 0.4) is 0 Å². The minimum atomic E-state index is 0. The molecule has 2 aromatic rings. The van der Waals surface area contributed by atoms with Crippen LogP contribution in [0, 0.1) is 2.88 Å². The molecule has 110 valence electrons. The van der Waals surface area contributed by atoms with E-state index in [1.807, 2.05) is 11.3 Å². The first-order valence-corrected chi connectivity index (χ1v) is 8.81. The van der Waals surface area contributed by atoms with Crippen molar-refractivity contribution in [2.24, 2.45) is 4.99 Å². The second-order valence-corrected chi connectivity index (χ2v) is 7.78. The van der Waals surface area contributed by atoms with Crippen molar-refractivity contribution in [3.8, 4) is 0 Å². The Morgan fingerprint density at radius 2 is 2.15 bits per heavy atom. The number of nitrogens with one attached hydrogen (secondary N) is 2. The Labute approximate surface area is 158 Å². The van der Waals surface area contributed by atoms with Gasteiger partial charge in [-0.25, -0.2) is 0 Å². The van der Waals surface area contributed by atoms with Crippen LogP contribution >= 0.6 is 69.2 Å². The first kappa shape index (κ1) is 18.2. The summed E-state index contributed by atoms with van der Waals surface area (Å²) in [6, 6.07) is 6.47. The zero-order chi connectivity index (χ0) is 13.5. The zero-order valence-corrected chi connectivity index (χ0v) is 17.2. The first-order chi connectivity index (χ1) is 9.28. The summed E-state index contributed by atoms with van der Waals surface area (Å²) in [4.78, 5) is 5.63. The minimum absolute atomic E-state index is 0. The van der Waals surface area contributed by atoms with E-state index in [1.54, 1.807) is 18.4 Å². The molecule has 2 N–H and O–H groups in total. The number of thiophene rings is 2. The molecule has 0 fully saturated rings. The maximum Gasteiger partial charge on any atom is 0.191 e. The first-order valence-electron chi connectivity index (χ1n) is 5.98. The summed E-state index contributed by atoms with van der Waals surface area (Å²) in [6.07, 6.45) is 1.03. The third-order valence-electron chi connectivity index (χ3n) is 2.56. The van der Waals surface area contributed by atoms with Gasteiger partial charge in [-0.15, -0.1) is 35.3 Å². The molecule has 3 nitrogen and oxygen atoms in total. The lowest BCUT2D eigenvalue weighted by atomic mass is 10.3. The summed E-state index contributed by atoms with van der Waals surface area (Å²) >= 11 is 5.92. The van der Waals surface area contributed by atoms with E-state index >= 15 is 0 Å². The van der Waals surface area contributed by atoms with Gasteiger partial charge in [0.15, 0.2) is 5.96 Å². The van der Waals surface area contributed by atoms with Crippen LogP contribution in [0.1, 0.15) is 10.4 Å². The molecule has 0 bridgehead atoms. The van der Waals surface area contributed by atoms with Crippen molar-refractivity contribution in [3.05, 3.63) is 42.3 Å². The number of halogens is 2. The molecule has 2 rings (SSSR count). The van der Waals surface area contributed by atoms with E-state index < -0.39 is 0 Å². The van der Waals surface area contributed by atoms with E-state index in [2.05, 4.69) is 67.2 Å². The van der Waals surface area contributed by atoms with Gasteiger partial charge in [-0.05, 0) is 63.5 Å². The monoisotopic (exact) mass is 533 g/mol. The Bertz CT molecular complexity index is 523. The normalized spacial score (nSPS) is 11.0. The molecule has 0 amide bonds. The highest BCUT2D eigenvalue weighted by atomic mass is 127. The highest BCUT2D eigenvalue weighted by molar-refractivity contribution is 14.1. The van der Waals surface area contributed by atoms with Gasteiger partial charge >= 0.3 is 0 Å². The summed E-state index contributed by atoms with van der Waals surface area (Å²) in [6.45, 7) is 1.72. The van der Waals surface area contributed by atoms with Crippen LogP contribution in [0.15, 0.2) is 34.0 Å². The Balaban J connectivity index is 0.00000200. The van der Waals surface area contributed by atoms with E-state index in [0.717, 1.165) is 25.5 Å². The molecule has 7 heteroatoms. The molecule has 0 unspecified atom stereocenters. The number of nitrogens with zero attached hydrogens (tertiary/aromatic N) is 1. The molecule has 0 aliphatic rings. The van der Waals surface area contributed by atoms with Gasteiger partial charge in [0.25, 0.3) is 0 Å². The second kappa shape index (κ2) is 9.96. The van der Waals surface area contributed by atoms with Crippen LogP contribution in [-0.4, -0.2) is 19.6 Å². The molecular weight excluding hydrogens is 516 g/mol. The van der Waals surface area contributed by atoms with Crippen molar-refractivity contribution < 1.29 is 0 Å². The Morgan fingerprint density at radius 3 is 2.75 bits per heavy atom. The lowest BCUT2D eigenvalue weighted by Gasteiger charge is -2.10. The number of rotatable bonds is 5. The maximum atomic E-state index is 4.22. The topological polar surface area (TPSA) is 36.4 Å². The summed E-state index contributed by atoms with van der Waals surface area (Å²) in [5.74, 6) is 0.859. The average Bonchev–Trinajstić information content (AvgIpc) is 3.05. The van der Waals surface area contributed by atoms with Gasteiger partial charge in [-0.2, -0.15) is 11.3 Å². The van der Waals surface area contributed by atoms with E-state index in [-0.39, 0.29) is 24.0 Å². The molecule has 20 heavy (non-hydrogen) atoms. The predicted molar refractivity (Wildman–Crippen MR) is 109 cm³/mol. The van der Waals surface area contributed by atoms with Gasteiger partial charge in [-0.3, -0.25) is 4.99 Å². The van der Waals surface area contributed by atoms with Crippen molar-refractivity contribution in [2.75, 3.05) is 13.6 Å². The highest BCUT2D eigenvalue weighted by Crippen LogP contribution is 2.18. The second-order valence-electron chi connectivity index (χ2n) is 3.94. The molecule has 0 aromatic carbocycles. The van der Waals surface area contributed by atoms with Crippen LogP contribution in [0.25, 0.3) is 0 Å².